The average Bonchev–Trinajstić information content (AvgIpc) is 1.60. The number of ether oxygens (including phenoxy) is 3. The first-order valence-electron chi connectivity index (χ1n) is 51.1. The number of hydrogen-bond acceptors (Lipinski definition) is 26. The summed E-state index contributed by atoms with van der Waals surface area (Å²) in [5.41, 5.74) is 12.7. The second kappa shape index (κ2) is 62.2. The summed E-state index contributed by atoms with van der Waals surface area (Å²) in [6.07, 6.45) is 6.16. The van der Waals surface area contributed by atoms with Crippen LogP contribution >= 0.6 is 0 Å². The fourth-order valence-corrected chi connectivity index (χ4v) is 18.8. The molecular formula is C107H152N13O29S+. The molecule has 0 bridgehead atoms. The van der Waals surface area contributed by atoms with Crippen LogP contribution in [0.25, 0.3) is 0 Å². The van der Waals surface area contributed by atoms with Crippen molar-refractivity contribution in [2.75, 3.05) is 77.8 Å². The minimum atomic E-state index is -4.60. The molecule has 9 atom stereocenters. The van der Waals surface area contributed by atoms with E-state index in [9.17, 15) is 120 Å². The second-order valence-corrected chi connectivity index (χ2v) is 41.2. The van der Waals surface area contributed by atoms with Gasteiger partial charge in [0, 0.05) is 156 Å². The maximum atomic E-state index is 14.9. The number of aryl methyl sites for hydroxylation is 1. The molecule has 3 aromatic carbocycles. The zero-order valence-corrected chi connectivity index (χ0v) is 88.8. The van der Waals surface area contributed by atoms with E-state index >= 15 is 0 Å². The van der Waals surface area contributed by atoms with Crippen LogP contribution in [-0.4, -0.2) is 275 Å². The van der Waals surface area contributed by atoms with Gasteiger partial charge in [-0.2, -0.15) is 13.0 Å². The monoisotopic (exact) mass is 2120 g/mol. The van der Waals surface area contributed by atoms with Gasteiger partial charge in [-0.1, -0.05) is 119 Å². The number of carbonyl (C=O) groups is 17. The number of likely N-dealkylation sites (tertiary alicyclic amines) is 1. The van der Waals surface area contributed by atoms with E-state index in [1.165, 1.54) is 41.0 Å². The van der Waals surface area contributed by atoms with Gasteiger partial charge in [0.1, 0.15) is 38.4 Å². The summed E-state index contributed by atoms with van der Waals surface area (Å²) >= 11 is 0. The number of hydrogen-bond donors (Lipinski definition) is 15. The van der Waals surface area contributed by atoms with Crippen LogP contribution in [0.4, 0.5) is 11.4 Å². The molecule has 3 aliphatic heterocycles. The number of nitrogens with zero attached hydrogens (tertiary/aromatic N) is 4. The van der Waals surface area contributed by atoms with Crippen molar-refractivity contribution in [2.24, 2.45) is 40.5 Å². The number of fused-ring (bicyclic) bond motifs is 2. The summed E-state index contributed by atoms with van der Waals surface area (Å²) in [4.78, 5) is 239. The Morgan fingerprint density at radius 1 is 0.567 bits per heavy atom. The lowest BCUT2D eigenvalue weighted by molar-refractivity contribution is -0.433. The van der Waals surface area contributed by atoms with Crippen molar-refractivity contribution in [1.82, 2.24) is 42.1 Å². The standard InChI is InChI=1S/C107H151N13O29S/c1-13-118-83-42-31-68(6)59-76(83)106(8,9)90(118)27-18-15-14-16-19-28-91-107(10,11)77-64-75(150(143,144)145)38-43-84(77)119(91)51-21-17-20-29-92(125)112-78(39-46-96(131)132)87(122)61-72(36-44-94(127)128)101(139)114-79(40-47-97(133)134)88(123)62-73(37-45-95(129)130)102(140)115-80(41-48-98(135)136)89(124)63-74(60-70-32-34-71(35-33-70)69(7)117-149-53-24-30-99(137)148-56-55-146-12)100(138)110-50-54-147-65-93(126)113-81(25-22-49-111-105(108)109)104(142)120-52-23-26-85(120)103(141)116-82(57-66(2)3)86(121)58-67(4)5/h14-16,18-19,27-28,31-35,38,42-43,59,64,66-67,72-74,78-82,85H,13,17,20-26,29-30,36-37,39-41,44-58,60-63,65H2,1-12H3,(H15-,108,109,110,111,112,113,114,115,116,125,126,127,128,129,130,131,132,133,134,135,136,138,139,140,141,143,144,145)/p+1/b117-69+/t72-,73-,74+,78+,79+,80+,81-,82-,85-/m0/s1. The Hall–Kier alpha value is -13.6. The van der Waals surface area contributed by atoms with Crippen LogP contribution in [0, 0.1) is 41.9 Å². The Morgan fingerprint density at radius 2 is 1.13 bits per heavy atom. The number of methoxy groups -OCH3 is 1. The van der Waals surface area contributed by atoms with Gasteiger partial charge >= 0.3 is 35.8 Å². The van der Waals surface area contributed by atoms with Gasteiger partial charge in [0.05, 0.1) is 53.4 Å². The number of amides is 7. The highest BCUT2D eigenvalue weighted by atomic mass is 32.2. The van der Waals surface area contributed by atoms with Gasteiger partial charge in [0.2, 0.25) is 47.0 Å². The molecule has 150 heavy (non-hydrogen) atoms. The summed E-state index contributed by atoms with van der Waals surface area (Å²) in [6.45, 7) is 22.1. The Morgan fingerprint density at radius 3 is 1.70 bits per heavy atom. The van der Waals surface area contributed by atoms with Gasteiger partial charge in [-0.05, 0) is 183 Å². The molecule has 7 amide bonds. The van der Waals surface area contributed by atoms with Crippen molar-refractivity contribution in [2.45, 2.75) is 295 Å². The highest BCUT2D eigenvalue weighted by molar-refractivity contribution is 7.85. The van der Waals surface area contributed by atoms with E-state index < -0.39 is 254 Å². The molecule has 6 rings (SSSR count). The number of Topliss-reactive ketones (excluding diaryl/α,β-unsaturated/α-hetero) is 4. The van der Waals surface area contributed by atoms with Crippen LogP contribution in [0.2, 0.25) is 0 Å². The third kappa shape index (κ3) is 41.8. The summed E-state index contributed by atoms with van der Waals surface area (Å²) in [5.74, 6) is -21.9. The topological polar surface area (TPSA) is 639 Å². The van der Waals surface area contributed by atoms with Crippen molar-refractivity contribution in [1.29, 1.82) is 5.41 Å². The van der Waals surface area contributed by atoms with Gasteiger partial charge in [-0.25, -0.2) is 0 Å². The van der Waals surface area contributed by atoms with Crippen molar-refractivity contribution >= 4 is 139 Å². The summed E-state index contributed by atoms with van der Waals surface area (Å²) in [6, 6.07) is 9.00. The quantitative estimate of drug-likeness (QED) is 0.00366. The SMILES string of the molecule is CC[N+]1=C(/C=C/C=C/C=C/C=C2/N(CCCCCC(=O)N[C@H](CCC(=O)O)C(=O)C[C@H](CCC(=O)O)C(=O)N[C@H](CCC(=O)O)C(=O)C[C@H](CCC(=O)O)C(=O)N[C@H](CCC(=O)O)C(=O)C[C@@H](Cc3ccc(/C(C)=N/OCCCC(=O)OCCOC)cc3)C(=O)NCCOCC(=O)N[C@@H](CCCNC(=N)N)C(=O)N3CCC[C@H]3C(=O)N[C@@H](CC(C)C)C(=O)CC(C)C)c3ccc(S(=O)(=O)O)cc3C2(C)C)C(C)(C)c2cc(C)ccc21. The van der Waals surface area contributed by atoms with Crippen molar-refractivity contribution < 1.29 is 144 Å². The van der Waals surface area contributed by atoms with Gasteiger partial charge < -0.3 is 97.3 Å². The third-order valence-electron chi connectivity index (χ3n) is 26.2. The number of carboxylic acids is 5. The van der Waals surface area contributed by atoms with Crippen molar-refractivity contribution in [3.05, 3.63) is 137 Å². The number of rotatable bonds is 71. The minimum absolute atomic E-state index is 0.0114. The Balaban J connectivity index is 1.18. The molecule has 0 aromatic heterocycles. The molecule has 1 fully saturated rings. The van der Waals surface area contributed by atoms with E-state index in [2.05, 4.69) is 98.9 Å². The Bertz CT molecular complexity index is 5570. The second-order valence-electron chi connectivity index (χ2n) is 39.8. The Labute approximate surface area is 875 Å². The lowest BCUT2D eigenvalue weighted by Crippen LogP contribution is -2.55. The molecule has 0 saturated carbocycles. The summed E-state index contributed by atoms with van der Waals surface area (Å²) < 4.78 is 53.0. The number of nitrogens with two attached hydrogens (primary N) is 1. The van der Waals surface area contributed by atoms with E-state index in [0.29, 0.717) is 60.3 Å². The molecule has 16 N–H and O–H groups in total. The van der Waals surface area contributed by atoms with Gasteiger partial charge in [0.15, 0.2) is 34.8 Å². The van der Waals surface area contributed by atoms with Crippen LogP contribution in [-0.2, 0) is 128 Å². The number of esters is 1. The zero-order valence-electron chi connectivity index (χ0n) is 88.0. The molecule has 0 aliphatic carbocycles. The summed E-state index contributed by atoms with van der Waals surface area (Å²) in [5, 5.41) is 79.7. The maximum absolute atomic E-state index is 14.9. The number of oxime groups is 1. The molecule has 3 aromatic rings. The fraction of sp³-hybridized carbons (Fsp3) is 0.570. The van der Waals surface area contributed by atoms with Crippen LogP contribution in [0.15, 0.2) is 119 Å². The first kappa shape index (κ1) is 125. The molecular weight excluding hydrogens is 1960 g/mol. The van der Waals surface area contributed by atoms with E-state index in [-0.39, 0.29) is 138 Å². The molecule has 1 saturated heterocycles. The molecule has 3 heterocycles. The van der Waals surface area contributed by atoms with Crippen molar-refractivity contribution in [3.63, 3.8) is 0 Å². The van der Waals surface area contributed by atoms with Gasteiger partial charge in [0.25, 0.3) is 10.1 Å². The predicted molar refractivity (Wildman–Crippen MR) is 556 cm³/mol. The van der Waals surface area contributed by atoms with Crippen LogP contribution < -0.4 is 47.9 Å². The number of carbonyl (C=O) groups excluding carboxylic acids is 12. The van der Waals surface area contributed by atoms with E-state index in [1.807, 2.05) is 82.9 Å². The Kier molecular flexibility index (Phi) is 51.9. The van der Waals surface area contributed by atoms with Gasteiger partial charge in [-0.3, -0.25) is 91.5 Å². The smallest absolute Gasteiger partial charge is 0.305 e. The molecule has 0 unspecified atom stereocenters. The molecule has 3 aliphatic rings. The van der Waals surface area contributed by atoms with Gasteiger partial charge in [-0.15, -0.1) is 0 Å². The number of guanidine groups is 1. The maximum Gasteiger partial charge on any atom is 0.305 e. The summed E-state index contributed by atoms with van der Waals surface area (Å²) in [7, 11) is -3.14. The molecule has 43 heteroatoms. The number of anilines is 1. The zero-order chi connectivity index (χ0) is 111. The largest absolute Gasteiger partial charge is 0.481 e. The van der Waals surface area contributed by atoms with Crippen molar-refractivity contribution in [3.8, 4) is 0 Å². The lowest BCUT2D eigenvalue weighted by Gasteiger charge is -2.30. The first-order valence-corrected chi connectivity index (χ1v) is 52.5. The average molecular weight is 2120 g/mol. The molecule has 0 radical (unpaired) electrons. The lowest BCUT2D eigenvalue weighted by atomic mass is 9.81. The number of unbranched alkanes of at least 4 members (excludes halogenated alkanes) is 2. The molecule has 824 valence electrons. The number of ketones is 4. The predicted octanol–water partition coefficient (Wildman–Crippen LogP) is 9.02. The first-order chi connectivity index (χ1) is 70.9. The molecule has 0 spiro atoms. The van der Waals surface area contributed by atoms with E-state index in [0.717, 1.165) is 18.0 Å². The molecule has 42 nitrogen and oxygen atoms in total. The highest BCUT2D eigenvalue weighted by Crippen LogP contribution is 2.49. The third-order valence-corrected chi connectivity index (χ3v) is 27.0. The fourth-order valence-electron chi connectivity index (χ4n) is 18.2. The number of carboxylic acid groups (broad SMARTS) is 5. The number of allylic oxidation sites excluding steroid dienone is 8. The number of aliphatic carboxylic acids is 5. The van der Waals surface area contributed by atoms with Crippen LogP contribution in [0.3, 0.4) is 0 Å². The van der Waals surface area contributed by atoms with E-state index in [1.54, 1.807) is 37.3 Å². The normalized spacial score (nSPS) is 16.1. The number of benzene rings is 3. The van der Waals surface area contributed by atoms with Crippen LogP contribution in [0.5, 0.6) is 0 Å². The minimum Gasteiger partial charge on any atom is -0.481 e. The highest BCUT2D eigenvalue weighted by Gasteiger charge is 2.46. The number of nitrogens with one attached hydrogen (secondary N) is 8. The van der Waals surface area contributed by atoms with Crippen LogP contribution in [0.1, 0.15) is 258 Å². The van der Waals surface area contributed by atoms with E-state index in [4.69, 9.17) is 30.2 Å².